The number of aliphatic hydroxyl groups excluding tert-OH is 1. The molecule has 0 atom stereocenters. The summed E-state index contributed by atoms with van der Waals surface area (Å²) in [7, 11) is 0. The number of hydrogen-bond donors (Lipinski definition) is 1. The van der Waals surface area contributed by atoms with E-state index in [2.05, 4.69) is 4.90 Å². The minimum absolute atomic E-state index is 0.138. The van der Waals surface area contributed by atoms with Crippen LogP contribution in [0.5, 0.6) is 0 Å². The fourth-order valence-electron chi connectivity index (χ4n) is 3.36. The lowest BCUT2D eigenvalue weighted by atomic mass is 9.95. The van der Waals surface area contributed by atoms with Crippen molar-refractivity contribution in [3.8, 4) is 0 Å². The second-order valence-electron chi connectivity index (χ2n) is 6.25. The van der Waals surface area contributed by atoms with Gasteiger partial charge in [0.15, 0.2) is 0 Å². The minimum atomic E-state index is 0.138. The molecule has 0 bridgehead atoms. The average molecular weight is 341 g/mol. The van der Waals surface area contributed by atoms with E-state index in [4.69, 9.17) is 5.11 Å². The third kappa shape index (κ3) is 6.06. The maximum Gasteiger partial charge on any atom is 0.225 e. The van der Waals surface area contributed by atoms with E-state index in [0.717, 1.165) is 38.9 Å². The smallest absolute Gasteiger partial charge is 0.225 e. The molecule has 24 heavy (non-hydrogen) atoms. The fourth-order valence-corrected chi connectivity index (χ4v) is 3.36. The highest BCUT2D eigenvalue weighted by molar-refractivity contribution is 5.80. The molecule has 0 aliphatic carbocycles. The van der Waals surface area contributed by atoms with Gasteiger partial charge in [0, 0.05) is 51.7 Å². The van der Waals surface area contributed by atoms with Gasteiger partial charge in [-0.05, 0) is 32.4 Å². The molecule has 2 fully saturated rings. The summed E-state index contributed by atoms with van der Waals surface area (Å²) in [5, 5.41) is 8.87. The second kappa shape index (κ2) is 11.4. The number of nitrogens with zero attached hydrogens (tertiary/aromatic N) is 3. The Balaban J connectivity index is 0.00000139. The van der Waals surface area contributed by atoms with E-state index >= 15 is 0 Å². The lowest BCUT2D eigenvalue weighted by molar-refractivity contribution is -0.143. The molecule has 6 heteroatoms. The van der Waals surface area contributed by atoms with E-state index < -0.39 is 0 Å². The first-order valence-electron chi connectivity index (χ1n) is 9.55. The number of hydrogen-bond acceptors (Lipinski definition) is 4. The highest BCUT2D eigenvalue weighted by Crippen LogP contribution is 2.20. The Morgan fingerprint density at radius 1 is 0.958 bits per heavy atom. The van der Waals surface area contributed by atoms with Gasteiger partial charge in [-0.3, -0.25) is 9.59 Å². The Morgan fingerprint density at radius 2 is 1.50 bits per heavy atom. The van der Waals surface area contributed by atoms with Gasteiger partial charge in [0.05, 0.1) is 0 Å². The molecule has 0 aromatic heterocycles. The van der Waals surface area contributed by atoms with E-state index in [0.29, 0.717) is 32.6 Å². The van der Waals surface area contributed by atoms with Crippen molar-refractivity contribution in [2.24, 2.45) is 5.92 Å². The van der Waals surface area contributed by atoms with Crippen molar-refractivity contribution in [2.45, 2.75) is 46.5 Å². The number of carbonyl (C=O) groups excluding carboxylic acids is 2. The SMILES string of the molecule is CC.CCC(=O)N1CCN(C(=O)C2CCN(CCCO)CC2)CC1. The molecule has 6 nitrogen and oxygen atoms in total. The van der Waals surface area contributed by atoms with Gasteiger partial charge in [0.1, 0.15) is 0 Å². The lowest BCUT2D eigenvalue weighted by Crippen LogP contribution is -2.52. The zero-order chi connectivity index (χ0) is 17.9. The third-order valence-corrected chi connectivity index (χ3v) is 4.82. The Hall–Kier alpha value is -1.14. The van der Waals surface area contributed by atoms with Crippen molar-refractivity contribution >= 4 is 11.8 Å². The molecular formula is C18H35N3O3. The van der Waals surface area contributed by atoms with Crippen molar-refractivity contribution in [1.29, 1.82) is 0 Å². The van der Waals surface area contributed by atoms with Gasteiger partial charge in [-0.1, -0.05) is 20.8 Å². The number of piperazine rings is 1. The van der Waals surface area contributed by atoms with Crippen LogP contribution in [0.2, 0.25) is 0 Å². The summed E-state index contributed by atoms with van der Waals surface area (Å²) in [5.41, 5.74) is 0. The van der Waals surface area contributed by atoms with Crippen LogP contribution in [0, 0.1) is 5.92 Å². The first kappa shape index (κ1) is 20.9. The molecule has 2 saturated heterocycles. The van der Waals surface area contributed by atoms with E-state index in [1.807, 2.05) is 30.6 Å². The van der Waals surface area contributed by atoms with Gasteiger partial charge in [-0.25, -0.2) is 0 Å². The zero-order valence-electron chi connectivity index (χ0n) is 15.7. The Bertz CT molecular complexity index is 374. The van der Waals surface area contributed by atoms with Crippen molar-refractivity contribution < 1.29 is 14.7 Å². The minimum Gasteiger partial charge on any atom is -0.396 e. The van der Waals surface area contributed by atoms with Crippen LogP contribution in [0.25, 0.3) is 0 Å². The van der Waals surface area contributed by atoms with Crippen LogP contribution in [0.1, 0.15) is 46.5 Å². The van der Waals surface area contributed by atoms with Gasteiger partial charge in [-0.15, -0.1) is 0 Å². The summed E-state index contributed by atoms with van der Waals surface area (Å²) < 4.78 is 0. The summed E-state index contributed by atoms with van der Waals surface area (Å²) in [6.07, 6.45) is 3.18. The van der Waals surface area contributed by atoms with Gasteiger partial charge >= 0.3 is 0 Å². The Kier molecular flexibility index (Phi) is 9.95. The Morgan fingerprint density at radius 3 is 2.00 bits per heavy atom. The van der Waals surface area contributed by atoms with Gasteiger partial charge in [-0.2, -0.15) is 0 Å². The number of amides is 2. The van der Waals surface area contributed by atoms with Gasteiger partial charge < -0.3 is 19.8 Å². The van der Waals surface area contributed by atoms with Gasteiger partial charge in [0.25, 0.3) is 0 Å². The monoisotopic (exact) mass is 341 g/mol. The zero-order valence-corrected chi connectivity index (χ0v) is 15.7. The predicted molar refractivity (Wildman–Crippen MR) is 95.7 cm³/mol. The van der Waals surface area contributed by atoms with Crippen molar-refractivity contribution in [3.05, 3.63) is 0 Å². The predicted octanol–water partition coefficient (Wildman–Crippen LogP) is 1.19. The van der Waals surface area contributed by atoms with Crippen LogP contribution in [0.4, 0.5) is 0 Å². The lowest BCUT2D eigenvalue weighted by Gasteiger charge is -2.38. The molecule has 140 valence electrons. The molecule has 2 rings (SSSR count). The summed E-state index contributed by atoms with van der Waals surface area (Å²) in [6, 6.07) is 0. The van der Waals surface area contributed by atoms with E-state index in [-0.39, 0.29) is 24.3 Å². The largest absolute Gasteiger partial charge is 0.396 e. The molecule has 2 aliphatic heterocycles. The quantitative estimate of drug-likeness (QED) is 0.816. The van der Waals surface area contributed by atoms with Crippen LogP contribution in [0.3, 0.4) is 0 Å². The van der Waals surface area contributed by atoms with Crippen LogP contribution >= 0.6 is 0 Å². The maximum absolute atomic E-state index is 12.6. The molecular weight excluding hydrogens is 306 g/mol. The molecule has 0 spiro atoms. The first-order valence-corrected chi connectivity index (χ1v) is 9.55. The van der Waals surface area contributed by atoms with Crippen LogP contribution < -0.4 is 0 Å². The van der Waals surface area contributed by atoms with Crippen molar-refractivity contribution in [1.82, 2.24) is 14.7 Å². The van der Waals surface area contributed by atoms with Crippen LogP contribution in [0.15, 0.2) is 0 Å². The fraction of sp³-hybridized carbons (Fsp3) is 0.889. The summed E-state index contributed by atoms with van der Waals surface area (Å²) >= 11 is 0. The molecule has 0 aromatic carbocycles. The van der Waals surface area contributed by atoms with E-state index in [1.54, 1.807) is 0 Å². The standard InChI is InChI=1S/C16H29N3O3.C2H6/c1-2-15(21)18-9-11-19(12-10-18)16(22)14-4-7-17(8-5-14)6-3-13-20;1-2/h14,20H,2-13H2,1H3;1-2H3. The van der Waals surface area contributed by atoms with Crippen molar-refractivity contribution in [3.63, 3.8) is 0 Å². The second-order valence-corrected chi connectivity index (χ2v) is 6.25. The molecule has 0 aromatic rings. The van der Waals surface area contributed by atoms with E-state index in [1.165, 1.54) is 0 Å². The highest BCUT2D eigenvalue weighted by atomic mass is 16.3. The topological polar surface area (TPSA) is 64.1 Å². The summed E-state index contributed by atoms with van der Waals surface area (Å²) in [6.45, 7) is 11.6. The van der Waals surface area contributed by atoms with Crippen LogP contribution in [-0.2, 0) is 9.59 Å². The normalized spacial score (nSPS) is 19.7. The summed E-state index contributed by atoms with van der Waals surface area (Å²) in [4.78, 5) is 30.4. The first-order chi connectivity index (χ1) is 11.7. The molecule has 2 aliphatic rings. The number of likely N-dealkylation sites (tertiary alicyclic amines) is 1. The molecule has 2 heterocycles. The molecule has 2 amide bonds. The average Bonchev–Trinajstić information content (AvgIpc) is 2.67. The number of rotatable bonds is 5. The highest BCUT2D eigenvalue weighted by Gasteiger charge is 2.30. The van der Waals surface area contributed by atoms with Crippen LogP contribution in [-0.4, -0.2) is 84.0 Å². The molecule has 1 N–H and O–H groups in total. The molecule has 0 radical (unpaired) electrons. The van der Waals surface area contributed by atoms with E-state index in [9.17, 15) is 9.59 Å². The van der Waals surface area contributed by atoms with Gasteiger partial charge in [0.2, 0.25) is 11.8 Å². The number of carbonyl (C=O) groups is 2. The Labute approximate surface area is 146 Å². The van der Waals surface area contributed by atoms with Crippen molar-refractivity contribution in [2.75, 3.05) is 52.4 Å². The third-order valence-electron chi connectivity index (χ3n) is 4.82. The number of piperidine rings is 1. The molecule has 0 unspecified atom stereocenters. The maximum atomic E-state index is 12.6. The summed E-state index contributed by atoms with van der Waals surface area (Å²) in [5.74, 6) is 0.591. The molecule has 0 saturated carbocycles. The number of aliphatic hydroxyl groups is 1.